The van der Waals surface area contributed by atoms with Crippen LogP contribution in [0.1, 0.15) is 47.7 Å². The van der Waals surface area contributed by atoms with E-state index in [0.717, 1.165) is 58.7 Å². The van der Waals surface area contributed by atoms with E-state index in [2.05, 4.69) is 49.7 Å². The Morgan fingerprint density at radius 2 is 1.77 bits per heavy atom. The second-order valence-corrected chi connectivity index (χ2v) is 10.0. The molecule has 2 fully saturated rings. The van der Waals surface area contributed by atoms with Crippen LogP contribution in [-0.4, -0.2) is 82.9 Å². The number of benzene rings is 1. The lowest BCUT2D eigenvalue weighted by atomic mass is 10.0. The Morgan fingerprint density at radius 1 is 1.06 bits per heavy atom. The second-order valence-electron chi connectivity index (χ2n) is 10.0. The predicted molar refractivity (Wildman–Crippen MR) is 136 cm³/mol. The third-order valence-corrected chi connectivity index (χ3v) is 7.59. The third kappa shape index (κ3) is 5.82. The molecular weight excluding hydrogens is 440 g/mol. The summed E-state index contributed by atoms with van der Waals surface area (Å²) in [7, 11) is 0. The molecule has 35 heavy (non-hydrogen) atoms. The van der Waals surface area contributed by atoms with Gasteiger partial charge < -0.3 is 15.5 Å². The van der Waals surface area contributed by atoms with Crippen molar-refractivity contribution < 1.29 is 9.59 Å². The molecule has 3 aliphatic rings. The minimum absolute atomic E-state index is 0.0583. The van der Waals surface area contributed by atoms with E-state index < -0.39 is 0 Å². The van der Waals surface area contributed by atoms with E-state index >= 15 is 0 Å². The molecule has 4 heterocycles. The first kappa shape index (κ1) is 23.8. The van der Waals surface area contributed by atoms with Crippen molar-refractivity contribution in [3.8, 4) is 0 Å². The van der Waals surface area contributed by atoms with Gasteiger partial charge in [0.05, 0.1) is 0 Å². The Bertz CT molecular complexity index is 1020. The third-order valence-electron chi connectivity index (χ3n) is 7.59. The molecule has 5 rings (SSSR count). The molecule has 0 radical (unpaired) electrons. The maximum absolute atomic E-state index is 13.0. The molecule has 1 aromatic heterocycles. The van der Waals surface area contributed by atoms with E-state index in [-0.39, 0.29) is 17.9 Å². The summed E-state index contributed by atoms with van der Waals surface area (Å²) in [6.07, 6.45) is 4.69. The number of nitrogens with zero attached hydrogens (tertiary/aromatic N) is 4. The van der Waals surface area contributed by atoms with Gasteiger partial charge in [0, 0.05) is 70.0 Å². The van der Waals surface area contributed by atoms with Crippen molar-refractivity contribution >= 4 is 17.6 Å². The SMILES string of the molecule is CC(=O)N1CCC(Nc2cc(C(=O)NCC(CN3Cc4ccccc4C3)N3CCC3)ccn2)CC1. The van der Waals surface area contributed by atoms with Gasteiger partial charge in [-0.3, -0.25) is 19.4 Å². The number of nitrogens with one attached hydrogen (secondary N) is 2. The number of amides is 2. The zero-order valence-corrected chi connectivity index (χ0v) is 20.6. The fraction of sp³-hybridized carbons (Fsp3) is 0.519. The monoisotopic (exact) mass is 476 g/mol. The first-order valence-electron chi connectivity index (χ1n) is 12.8. The van der Waals surface area contributed by atoms with Gasteiger partial charge in [0.2, 0.25) is 5.91 Å². The molecule has 0 saturated carbocycles. The summed E-state index contributed by atoms with van der Waals surface area (Å²) in [5.74, 6) is 0.788. The quantitative estimate of drug-likeness (QED) is 0.609. The lowest BCUT2D eigenvalue weighted by molar-refractivity contribution is -0.129. The van der Waals surface area contributed by atoms with E-state index in [1.807, 2.05) is 11.0 Å². The topological polar surface area (TPSA) is 80.8 Å². The average Bonchev–Trinajstić information content (AvgIpc) is 3.24. The normalized spacial score (nSPS) is 19.6. The molecule has 0 aliphatic carbocycles. The summed E-state index contributed by atoms with van der Waals surface area (Å²) in [5.41, 5.74) is 3.46. The minimum Gasteiger partial charge on any atom is -0.367 e. The van der Waals surface area contributed by atoms with Crippen LogP contribution in [0.15, 0.2) is 42.6 Å². The maximum atomic E-state index is 13.0. The number of carbonyl (C=O) groups excluding carboxylic acids is 2. The van der Waals surface area contributed by atoms with Crippen LogP contribution < -0.4 is 10.6 Å². The standard InChI is InChI=1S/C27H36N6O2/c1-20(34)32-13-8-24(9-14-32)30-26-15-21(7-10-28-26)27(35)29-16-25(33-11-4-12-33)19-31-17-22-5-2-3-6-23(22)18-31/h2-3,5-7,10,15,24-25H,4,8-9,11-14,16-19H2,1H3,(H,28,30)(H,29,35). The summed E-state index contributed by atoms with van der Waals surface area (Å²) in [6, 6.07) is 12.8. The zero-order valence-electron chi connectivity index (χ0n) is 20.6. The fourth-order valence-electron chi connectivity index (χ4n) is 5.36. The number of aromatic nitrogens is 1. The van der Waals surface area contributed by atoms with Crippen molar-refractivity contribution in [2.45, 2.75) is 51.4 Å². The summed E-state index contributed by atoms with van der Waals surface area (Å²) < 4.78 is 0. The van der Waals surface area contributed by atoms with E-state index in [4.69, 9.17) is 0 Å². The number of piperidine rings is 1. The number of rotatable bonds is 8. The van der Waals surface area contributed by atoms with Crippen LogP contribution in [0.3, 0.4) is 0 Å². The van der Waals surface area contributed by atoms with Gasteiger partial charge in [-0.2, -0.15) is 0 Å². The smallest absolute Gasteiger partial charge is 0.251 e. The average molecular weight is 477 g/mol. The first-order chi connectivity index (χ1) is 17.0. The van der Waals surface area contributed by atoms with Crippen molar-refractivity contribution in [1.29, 1.82) is 0 Å². The van der Waals surface area contributed by atoms with Crippen LogP contribution in [0.4, 0.5) is 5.82 Å². The summed E-state index contributed by atoms with van der Waals surface area (Å²) in [6.45, 7) is 8.91. The zero-order chi connectivity index (χ0) is 24.2. The molecule has 2 saturated heterocycles. The Kier molecular flexibility index (Phi) is 7.29. The maximum Gasteiger partial charge on any atom is 0.251 e. The Labute approximate surface area is 207 Å². The van der Waals surface area contributed by atoms with Crippen molar-refractivity contribution in [3.05, 3.63) is 59.3 Å². The molecule has 0 bridgehead atoms. The minimum atomic E-state index is -0.0583. The van der Waals surface area contributed by atoms with Crippen LogP contribution in [0.2, 0.25) is 0 Å². The first-order valence-corrected chi connectivity index (χ1v) is 12.8. The molecule has 1 atom stereocenters. The van der Waals surface area contributed by atoms with E-state index in [1.165, 1.54) is 17.5 Å². The van der Waals surface area contributed by atoms with Crippen LogP contribution >= 0.6 is 0 Å². The molecule has 2 amide bonds. The highest BCUT2D eigenvalue weighted by Crippen LogP contribution is 2.24. The van der Waals surface area contributed by atoms with Gasteiger partial charge in [-0.15, -0.1) is 0 Å². The molecule has 8 heteroatoms. The number of anilines is 1. The highest BCUT2D eigenvalue weighted by Gasteiger charge is 2.29. The van der Waals surface area contributed by atoms with Gasteiger partial charge >= 0.3 is 0 Å². The van der Waals surface area contributed by atoms with Crippen molar-refractivity contribution in [2.75, 3.05) is 44.6 Å². The van der Waals surface area contributed by atoms with Gasteiger partial charge in [-0.05, 0) is 55.6 Å². The van der Waals surface area contributed by atoms with Gasteiger partial charge in [0.25, 0.3) is 5.91 Å². The van der Waals surface area contributed by atoms with E-state index in [0.29, 0.717) is 24.0 Å². The van der Waals surface area contributed by atoms with Crippen molar-refractivity contribution in [1.82, 2.24) is 25.0 Å². The highest BCUT2D eigenvalue weighted by molar-refractivity contribution is 5.94. The largest absolute Gasteiger partial charge is 0.367 e. The van der Waals surface area contributed by atoms with Crippen LogP contribution in [0, 0.1) is 0 Å². The van der Waals surface area contributed by atoms with Gasteiger partial charge in [-0.25, -0.2) is 4.98 Å². The predicted octanol–water partition coefficient (Wildman–Crippen LogP) is 2.32. The summed E-state index contributed by atoms with van der Waals surface area (Å²) in [4.78, 5) is 35.8. The fourth-order valence-corrected chi connectivity index (χ4v) is 5.36. The Hall–Kier alpha value is -2.97. The second kappa shape index (κ2) is 10.7. The van der Waals surface area contributed by atoms with Crippen LogP contribution in [-0.2, 0) is 17.9 Å². The summed E-state index contributed by atoms with van der Waals surface area (Å²) >= 11 is 0. The summed E-state index contributed by atoms with van der Waals surface area (Å²) in [5, 5.41) is 6.64. The van der Waals surface area contributed by atoms with Crippen molar-refractivity contribution in [2.24, 2.45) is 0 Å². The molecule has 1 aromatic carbocycles. The number of likely N-dealkylation sites (tertiary alicyclic amines) is 2. The Balaban J connectivity index is 1.14. The highest BCUT2D eigenvalue weighted by atomic mass is 16.2. The molecule has 0 spiro atoms. The van der Waals surface area contributed by atoms with Gasteiger partial charge in [0.1, 0.15) is 5.82 Å². The molecule has 2 N–H and O–H groups in total. The lowest BCUT2D eigenvalue weighted by Gasteiger charge is -2.40. The molecule has 8 nitrogen and oxygen atoms in total. The lowest BCUT2D eigenvalue weighted by Crippen LogP contribution is -2.54. The number of hydrogen-bond donors (Lipinski definition) is 2. The van der Waals surface area contributed by atoms with Gasteiger partial charge in [0.15, 0.2) is 0 Å². The van der Waals surface area contributed by atoms with Crippen molar-refractivity contribution in [3.63, 3.8) is 0 Å². The molecular formula is C27H36N6O2. The number of carbonyl (C=O) groups is 2. The number of fused-ring (bicyclic) bond motifs is 1. The molecule has 186 valence electrons. The van der Waals surface area contributed by atoms with E-state index in [9.17, 15) is 9.59 Å². The molecule has 3 aliphatic heterocycles. The van der Waals surface area contributed by atoms with Crippen LogP contribution in [0.25, 0.3) is 0 Å². The van der Waals surface area contributed by atoms with E-state index in [1.54, 1.807) is 19.2 Å². The number of hydrogen-bond acceptors (Lipinski definition) is 6. The molecule has 2 aromatic rings. The molecule has 1 unspecified atom stereocenters. The Morgan fingerprint density at radius 3 is 2.40 bits per heavy atom. The van der Waals surface area contributed by atoms with Gasteiger partial charge in [-0.1, -0.05) is 24.3 Å². The number of pyridine rings is 1. The van der Waals surface area contributed by atoms with Crippen LogP contribution in [0.5, 0.6) is 0 Å².